The summed E-state index contributed by atoms with van der Waals surface area (Å²) in [5.74, 6) is 0.803. The van der Waals surface area contributed by atoms with Crippen LogP contribution in [0.4, 0.5) is 5.69 Å². The predicted molar refractivity (Wildman–Crippen MR) is 71.8 cm³/mol. The molecule has 1 aliphatic carbocycles. The zero-order valence-corrected chi connectivity index (χ0v) is 11.8. The van der Waals surface area contributed by atoms with Crippen molar-refractivity contribution in [1.82, 2.24) is 4.98 Å². The highest BCUT2D eigenvalue weighted by atomic mass is 79.9. The number of hydrogen-bond acceptors (Lipinski definition) is 2. The summed E-state index contributed by atoms with van der Waals surface area (Å²) < 4.78 is 0.824. The maximum Gasteiger partial charge on any atom is 0.227 e. The van der Waals surface area contributed by atoms with E-state index in [4.69, 9.17) is 0 Å². The number of carbonyl (C=O) groups excluding carboxylic acids is 1. The Bertz CT molecular complexity index is 433. The molecule has 1 saturated carbocycles. The number of aryl methyl sites for hydroxylation is 1. The maximum absolute atomic E-state index is 12.1. The molecule has 1 aliphatic rings. The highest BCUT2D eigenvalue weighted by Gasteiger charge is 2.29. The molecule has 0 saturated heterocycles. The predicted octanol–water partition coefficient (Wildman–Crippen LogP) is 3.53. The molecular weight excluding hydrogens is 280 g/mol. The summed E-state index contributed by atoms with van der Waals surface area (Å²) in [5, 5.41) is 2.96. The molecule has 92 valence electrons. The Morgan fingerprint density at radius 1 is 1.53 bits per heavy atom. The van der Waals surface area contributed by atoms with Crippen molar-refractivity contribution in [3.8, 4) is 0 Å². The molecule has 1 heterocycles. The Hall–Kier alpha value is -0.900. The van der Waals surface area contributed by atoms with E-state index in [1.54, 1.807) is 6.20 Å². The Morgan fingerprint density at radius 3 is 2.88 bits per heavy atom. The number of nitrogens with zero attached hydrogens (tertiary/aromatic N) is 1. The molecule has 0 bridgehead atoms. The van der Waals surface area contributed by atoms with Crippen LogP contribution in [0.3, 0.4) is 0 Å². The SMILES string of the molecule is Cc1cc(NC(=O)C2CCCC2C)cnc1Br. The first-order valence-electron chi connectivity index (χ1n) is 6.01. The van der Waals surface area contributed by atoms with Gasteiger partial charge in [0.05, 0.1) is 11.9 Å². The molecule has 1 fully saturated rings. The fourth-order valence-corrected chi connectivity index (χ4v) is 2.61. The minimum atomic E-state index is 0.138. The van der Waals surface area contributed by atoms with E-state index in [2.05, 4.69) is 33.2 Å². The topological polar surface area (TPSA) is 42.0 Å². The number of rotatable bonds is 2. The standard InChI is InChI=1S/C13H17BrN2O/c1-8-4-3-5-11(8)13(17)16-10-6-9(2)12(14)15-7-10/h6-8,11H,3-5H2,1-2H3,(H,16,17). The van der Waals surface area contributed by atoms with E-state index < -0.39 is 0 Å². The van der Waals surface area contributed by atoms with Gasteiger partial charge in [0.15, 0.2) is 0 Å². The normalized spacial score (nSPS) is 23.7. The van der Waals surface area contributed by atoms with E-state index in [-0.39, 0.29) is 11.8 Å². The molecule has 0 aliphatic heterocycles. The van der Waals surface area contributed by atoms with Crippen LogP contribution in [0.25, 0.3) is 0 Å². The second kappa shape index (κ2) is 5.17. The molecule has 1 aromatic heterocycles. The van der Waals surface area contributed by atoms with Gasteiger partial charge in [0.25, 0.3) is 0 Å². The maximum atomic E-state index is 12.1. The summed E-state index contributed by atoms with van der Waals surface area (Å²) in [6, 6.07) is 1.94. The van der Waals surface area contributed by atoms with E-state index in [1.807, 2.05) is 13.0 Å². The lowest BCUT2D eigenvalue weighted by molar-refractivity contribution is -0.120. The van der Waals surface area contributed by atoms with E-state index >= 15 is 0 Å². The fourth-order valence-electron chi connectivity index (χ4n) is 2.40. The first-order valence-corrected chi connectivity index (χ1v) is 6.80. The van der Waals surface area contributed by atoms with Gasteiger partial charge in [0, 0.05) is 5.92 Å². The highest BCUT2D eigenvalue weighted by molar-refractivity contribution is 9.10. The van der Waals surface area contributed by atoms with Gasteiger partial charge in [0.1, 0.15) is 4.60 Å². The van der Waals surface area contributed by atoms with Crippen molar-refractivity contribution < 1.29 is 4.79 Å². The minimum absolute atomic E-state index is 0.138. The third-order valence-electron chi connectivity index (χ3n) is 3.48. The van der Waals surface area contributed by atoms with E-state index in [0.29, 0.717) is 5.92 Å². The van der Waals surface area contributed by atoms with Gasteiger partial charge in [-0.2, -0.15) is 0 Å². The Balaban J connectivity index is 2.05. The van der Waals surface area contributed by atoms with Crippen LogP contribution in [0, 0.1) is 18.8 Å². The first-order chi connectivity index (χ1) is 8.08. The van der Waals surface area contributed by atoms with Crippen LogP contribution >= 0.6 is 15.9 Å². The van der Waals surface area contributed by atoms with Crippen molar-refractivity contribution in [3.63, 3.8) is 0 Å². The third kappa shape index (κ3) is 2.86. The molecule has 3 nitrogen and oxygen atoms in total. The lowest BCUT2D eigenvalue weighted by Crippen LogP contribution is -2.24. The summed E-state index contributed by atoms with van der Waals surface area (Å²) in [5.41, 5.74) is 1.82. The molecule has 17 heavy (non-hydrogen) atoms. The van der Waals surface area contributed by atoms with Gasteiger partial charge in [-0.1, -0.05) is 13.3 Å². The smallest absolute Gasteiger partial charge is 0.227 e. The molecular formula is C13H17BrN2O. The van der Waals surface area contributed by atoms with Crippen LogP contribution in [0.15, 0.2) is 16.9 Å². The van der Waals surface area contributed by atoms with Gasteiger partial charge in [-0.05, 0) is 53.2 Å². The first kappa shape index (κ1) is 12.6. The van der Waals surface area contributed by atoms with Crippen LogP contribution in [0.1, 0.15) is 31.7 Å². The lowest BCUT2D eigenvalue weighted by atomic mass is 9.97. The molecule has 0 spiro atoms. The molecule has 2 unspecified atom stereocenters. The minimum Gasteiger partial charge on any atom is -0.324 e. The van der Waals surface area contributed by atoms with Crippen molar-refractivity contribution >= 4 is 27.5 Å². The number of pyridine rings is 1. The summed E-state index contributed by atoms with van der Waals surface area (Å²) in [6.07, 6.45) is 5.02. The molecule has 1 aromatic rings. The number of anilines is 1. The van der Waals surface area contributed by atoms with E-state index in [9.17, 15) is 4.79 Å². The highest BCUT2D eigenvalue weighted by Crippen LogP contribution is 2.32. The van der Waals surface area contributed by atoms with Crippen LogP contribution in [0.5, 0.6) is 0 Å². The third-order valence-corrected chi connectivity index (χ3v) is 4.31. The fraction of sp³-hybridized carbons (Fsp3) is 0.538. The second-order valence-electron chi connectivity index (χ2n) is 4.84. The largest absolute Gasteiger partial charge is 0.324 e. The number of halogens is 1. The molecule has 0 radical (unpaired) electrons. The van der Waals surface area contributed by atoms with Crippen molar-refractivity contribution in [2.75, 3.05) is 5.32 Å². The van der Waals surface area contributed by atoms with Crippen molar-refractivity contribution in [2.24, 2.45) is 11.8 Å². The summed E-state index contributed by atoms with van der Waals surface area (Å²) in [7, 11) is 0. The molecule has 2 rings (SSSR count). The monoisotopic (exact) mass is 296 g/mol. The van der Waals surface area contributed by atoms with Crippen molar-refractivity contribution in [3.05, 3.63) is 22.4 Å². The Labute approximate surface area is 110 Å². The second-order valence-corrected chi connectivity index (χ2v) is 5.59. The lowest BCUT2D eigenvalue weighted by Gasteiger charge is -2.15. The number of hydrogen-bond donors (Lipinski definition) is 1. The van der Waals surface area contributed by atoms with Crippen LogP contribution in [0.2, 0.25) is 0 Å². The number of aromatic nitrogens is 1. The molecule has 1 amide bonds. The van der Waals surface area contributed by atoms with Gasteiger partial charge in [-0.15, -0.1) is 0 Å². The molecule has 2 atom stereocenters. The van der Waals surface area contributed by atoms with Crippen LogP contribution in [-0.2, 0) is 4.79 Å². The van der Waals surface area contributed by atoms with Crippen LogP contribution in [-0.4, -0.2) is 10.9 Å². The van der Waals surface area contributed by atoms with Gasteiger partial charge in [-0.3, -0.25) is 4.79 Å². The quantitative estimate of drug-likeness (QED) is 0.849. The number of carbonyl (C=O) groups is 1. The average Bonchev–Trinajstić information content (AvgIpc) is 2.70. The van der Waals surface area contributed by atoms with Gasteiger partial charge >= 0.3 is 0 Å². The summed E-state index contributed by atoms with van der Waals surface area (Å²) >= 11 is 3.35. The molecule has 1 N–H and O–H groups in total. The average molecular weight is 297 g/mol. The zero-order chi connectivity index (χ0) is 12.4. The number of amides is 1. The molecule has 0 aromatic carbocycles. The van der Waals surface area contributed by atoms with Crippen molar-refractivity contribution in [2.45, 2.75) is 33.1 Å². The summed E-state index contributed by atoms with van der Waals surface area (Å²) in [6.45, 7) is 4.12. The Kier molecular flexibility index (Phi) is 3.82. The van der Waals surface area contributed by atoms with Crippen LogP contribution < -0.4 is 5.32 Å². The molecule has 4 heteroatoms. The van der Waals surface area contributed by atoms with E-state index in [1.165, 1.54) is 0 Å². The zero-order valence-electron chi connectivity index (χ0n) is 10.2. The summed E-state index contributed by atoms with van der Waals surface area (Å²) in [4.78, 5) is 16.3. The van der Waals surface area contributed by atoms with Gasteiger partial charge in [0.2, 0.25) is 5.91 Å². The van der Waals surface area contributed by atoms with Gasteiger partial charge in [-0.25, -0.2) is 4.98 Å². The van der Waals surface area contributed by atoms with Gasteiger partial charge < -0.3 is 5.32 Å². The van der Waals surface area contributed by atoms with Crippen molar-refractivity contribution in [1.29, 1.82) is 0 Å². The van der Waals surface area contributed by atoms with E-state index in [0.717, 1.165) is 35.1 Å². The Morgan fingerprint density at radius 2 is 2.29 bits per heavy atom. The number of nitrogens with one attached hydrogen (secondary N) is 1.